The number of hydrogen-bond acceptors (Lipinski definition) is 7. The highest BCUT2D eigenvalue weighted by Crippen LogP contribution is 2.26. The molecule has 1 aromatic rings. The standard InChI is InChI=1S/C25H41N3O5/c1-9-19-16-20(26-25(6,7)22(29)31-8)10-11-21(19)32-15-14-27-12-13-28(18(2)17-27)23(30)33-24(3,4)5/h10-11,16,18,26H,9,12-15,17H2,1-8H3. The summed E-state index contributed by atoms with van der Waals surface area (Å²) >= 11 is 0. The van der Waals surface area contributed by atoms with Crippen molar-refractivity contribution in [3.8, 4) is 5.75 Å². The number of aryl methyl sites for hydroxylation is 1. The number of anilines is 1. The molecule has 2 rings (SSSR count). The molecule has 186 valence electrons. The first kappa shape index (κ1) is 26.8. The molecule has 1 N–H and O–H groups in total. The van der Waals surface area contributed by atoms with Gasteiger partial charge in [0, 0.05) is 37.9 Å². The Morgan fingerprint density at radius 2 is 1.85 bits per heavy atom. The van der Waals surface area contributed by atoms with Crippen molar-refractivity contribution < 1.29 is 23.8 Å². The van der Waals surface area contributed by atoms with Gasteiger partial charge in [0.25, 0.3) is 0 Å². The van der Waals surface area contributed by atoms with E-state index in [1.54, 1.807) is 18.7 Å². The fourth-order valence-corrected chi connectivity index (χ4v) is 3.85. The maximum atomic E-state index is 12.4. The normalized spacial score (nSPS) is 17.5. The molecule has 1 aliphatic rings. The minimum absolute atomic E-state index is 0.0864. The Hall–Kier alpha value is -2.48. The number of piperazine rings is 1. The van der Waals surface area contributed by atoms with Gasteiger partial charge in [-0.05, 0) is 71.7 Å². The first-order chi connectivity index (χ1) is 15.4. The van der Waals surface area contributed by atoms with Gasteiger partial charge in [-0.3, -0.25) is 4.90 Å². The predicted octanol–water partition coefficient (Wildman–Crippen LogP) is 3.93. The number of carbonyl (C=O) groups is 2. The van der Waals surface area contributed by atoms with Gasteiger partial charge in [0.15, 0.2) is 0 Å². The van der Waals surface area contributed by atoms with Crippen LogP contribution in [-0.4, -0.2) is 78.9 Å². The summed E-state index contributed by atoms with van der Waals surface area (Å²) in [6.07, 6.45) is 0.567. The fourth-order valence-electron chi connectivity index (χ4n) is 3.85. The minimum atomic E-state index is -0.819. The third-order valence-corrected chi connectivity index (χ3v) is 5.60. The zero-order chi connectivity index (χ0) is 24.8. The molecular weight excluding hydrogens is 422 g/mol. The van der Waals surface area contributed by atoms with Crippen molar-refractivity contribution in [3.05, 3.63) is 23.8 Å². The van der Waals surface area contributed by atoms with Crippen LogP contribution in [-0.2, 0) is 20.7 Å². The average Bonchev–Trinajstić information content (AvgIpc) is 2.72. The molecule has 1 amide bonds. The summed E-state index contributed by atoms with van der Waals surface area (Å²) in [5, 5.41) is 3.23. The Bertz CT molecular complexity index is 819. The molecule has 0 spiro atoms. The van der Waals surface area contributed by atoms with Crippen LogP contribution in [0.4, 0.5) is 10.5 Å². The van der Waals surface area contributed by atoms with Crippen LogP contribution in [0.25, 0.3) is 0 Å². The monoisotopic (exact) mass is 463 g/mol. The topological polar surface area (TPSA) is 80.3 Å². The molecule has 0 bridgehead atoms. The van der Waals surface area contributed by atoms with Gasteiger partial charge in [-0.25, -0.2) is 9.59 Å². The Balaban J connectivity index is 1.88. The number of ether oxygens (including phenoxy) is 3. The summed E-state index contributed by atoms with van der Waals surface area (Å²) in [5.41, 5.74) is 0.615. The van der Waals surface area contributed by atoms with Gasteiger partial charge in [0.1, 0.15) is 23.5 Å². The molecule has 33 heavy (non-hydrogen) atoms. The zero-order valence-corrected chi connectivity index (χ0v) is 21.5. The molecule has 1 aliphatic heterocycles. The average molecular weight is 464 g/mol. The lowest BCUT2D eigenvalue weighted by molar-refractivity contribution is -0.144. The lowest BCUT2D eigenvalue weighted by atomic mass is 10.0. The van der Waals surface area contributed by atoms with Crippen molar-refractivity contribution in [1.29, 1.82) is 0 Å². The van der Waals surface area contributed by atoms with Crippen LogP contribution in [0.5, 0.6) is 5.75 Å². The van der Waals surface area contributed by atoms with E-state index in [1.807, 2.05) is 45.9 Å². The van der Waals surface area contributed by atoms with Crippen molar-refractivity contribution in [1.82, 2.24) is 9.80 Å². The number of methoxy groups -OCH3 is 1. The molecule has 1 atom stereocenters. The number of nitrogens with zero attached hydrogens (tertiary/aromatic N) is 2. The molecule has 0 aromatic heterocycles. The molecule has 1 heterocycles. The Kier molecular flexibility index (Phi) is 9.00. The van der Waals surface area contributed by atoms with Crippen LogP contribution in [0.15, 0.2) is 18.2 Å². The smallest absolute Gasteiger partial charge is 0.410 e. The van der Waals surface area contributed by atoms with E-state index in [9.17, 15) is 9.59 Å². The number of esters is 1. The fraction of sp³-hybridized carbons (Fsp3) is 0.680. The number of nitrogens with one attached hydrogen (secondary N) is 1. The van der Waals surface area contributed by atoms with Crippen molar-refractivity contribution in [2.45, 2.75) is 72.1 Å². The van der Waals surface area contributed by atoms with Gasteiger partial charge in [-0.1, -0.05) is 6.92 Å². The minimum Gasteiger partial charge on any atom is -0.492 e. The van der Waals surface area contributed by atoms with Gasteiger partial charge >= 0.3 is 12.1 Å². The van der Waals surface area contributed by atoms with Crippen molar-refractivity contribution in [2.24, 2.45) is 0 Å². The van der Waals surface area contributed by atoms with E-state index in [0.29, 0.717) is 13.2 Å². The van der Waals surface area contributed by atoms with Crippen LogP contribution < -0.4 is 10.1 Å². The number of carbonyl (C=O) groups excluding carboxylic acids is 2. The zero-order valence-electron chi connectivity index (χ0n) is 21.5. The summed E-state index contributed by atoms with van der Waals surface area (Å²) in [6, 6.07) is 5.96. The SMILES string of the molecule is CCc1cc(NC(C)(C)C(=O)OC)ccc1OCCN1CCN(C(=O)OC(C)(C)C)C(C)C1. The van der Waals surface area contributed by atoms with E-state index in [-0.39, 0.29) is 18.1 Å². The second-order valence-electron chi connectivity index (χ2n) is 10.1. The number of rotatable bonds is 8. The van der Waals surface area contributed by atoms with Crippen LogP contribution >= 0.6 is 0 Å². The summed E-state index contributed by atoms with van der Waals surface area (Å²) in [7, 11) is 1.39. The highest BCUT2D eigenvalue weighted by atomic mass is 16.6. The summed E-state index contributed by atoms with van der Waals surface area (Å²) in [6.45, 7) is 16.9. The van der Waals surface area contributed by atoms with Gasteiger partial charge < -0.3 is 24.4 Å². The molecule has 1 unspecified atom stereocenters. The van der Waals surface area contributed by atoms with E-state index in [0.717, 1.165) is 43.1 Å². The second-order valence-corrected chi connectivity index (χ2v) is 10.1. The third-order valence-electron chi connectivity index (χ3n) is 5.60. The first-order valence-electron chi connectivity index (χ1n) is 11.7. The predicted molar refractivity (Wildman–Crippen MR) is 130 cm³/mol. The highest BCUT2D eigenvalue weighted by molar-refractivity contribution is 5.83. The Morgan fingerprint density at radius 3 is 2.42 bits per heavy atom. The number of hydrogen-bond donors (Lipinski definition) is 1. The maximum absolute atomic E-state index is 12.4. The van der Waals surface area contributed by atoms with Crippen molar-refractivity contribution in [3.63, 3.8) is 0 Å². The maximum Gasteiger partial charge on any atom is 0.410 e. The van der Waals surface area contributed by atoms with Crippen LogP contribution in [0.3, 0.4) is 0 Å². The number of amides is 1. The molecule has 1 saturated heterocycles. The summed E-state index contributed by atoms with van der Waals surface area (Å²) < 4.78 is 16.5. The van der Waals surface area contributed by atoms with Crippen molar-refractivity contribution in [2.75, 3.05) is 45.2 Å². The molecular formula is C25H41N3O5. The van der Waals surface area contributed by atoms with Gasteiger partial charge in [0.2, 0.25) is 0 Å². The van der Waals surface area contributed by atoms with Gasteiger partial charge in [-0.15, -0.1) is 0 Å². The van der Waals surface area contributed by atoms with E-state index >= 15 is 0 Å². The lowest BCUT2D eigenvalue weighted by Crippen LogP contribution is -2.55. The van der Waals surface area contributed by atoms with E-state index in [1.165, 1.54) is 7.11 Å². The molecule has 1 fully saturated rings. The van der Waals surface area contributed by atoms with E-state index in [4.69, 9.17) is 14.2 Å². The van der Waals surface area contributed by atoms with E-state index in [2.05, 4.69) is 17.1 Å². The van der Waals surface area contributed by atoms with Crippen LogP contribution in [0, 0.1) is 0 Å². The summed E-state index contributed by atoms with van der Waals surface area (Å²) in [5.74, 6) is 0.529. The van der Waals surface area contributed by atoms with Crippen molar-refractivity contribution >= 4 is 17.7 Å². The molecule has 0 aliphatic carbocycles. The largest absolute Gasteiger partial charge is 0.492 e. The highest BCUT2D eigenvalue weighted by Gasteiger charge is 2.31. The molecule has 8 nitrogen and oxygen atoms in total. The van der Waals surface area contributed by atoms with Crippen LogP contribution in [0.2, 0.25) is 0 Å². The molecule has 8 heteroatoms. The Morgan fingerprint density at radius 1 is 1.15 bits per heavy atom. The molecule has 0 saturated carbocycles. The first-order valence-corrected chi connectivity index (χ1v) is 11.7. The van der Waals surface area contributed by atoms with Gasteiger partial charge in [-0.2, -0.15) is 0 Å². The third kappa shape index (κ3) is 7.81. The Labute approximate surface area is 198 Å². The second kappa shape index (κ2) is 11.1. The quantitative estimate of drug-likeness (QED) is 0.585. The molecule has 1 aromatic carbocycles. The molecule has 0 radical (unpaired) electrons. The van der Waals surface area contributed by atoms with Gasteiger partial charge in [0.05, 0.1) is 7.11 Å². The van der Waals surface area contributed by atoms with E-state index < -0.39 is 11.1 Å². The lowest BCUT2D eigenvalue weighted by Gasteiger charge is -2.40. The summed E-state index contributed by atoms with van der Waals surface area (Å²) in [4.78, 5) is 28.5. The number of benzene rings is 1. The van der Waals surface area contributed by atoms with Crippen LogP contribution in [0.1, 0.15) is 54.0 Å².